The van der Waals surface area contributed by atoms with Crippen LogP contribution in [0.2, 0.25) is 0 Å². The van der Waals surface area contributed by atoms with Gasteiger partial charge in [0.1, 0.15) is 0 Å². The molecule has 2 aromatic rings. The van der Waals surface area contributed by atoms with Gasteiger partial charge in [-0.2, -0.15) is 52.7 Å². The van der Waals surface area contributed by atoms with Crippen LogP contribution in [-0.2, 0) is 24.7 Å². The molecule has 3 rings (SSSR count). The van der Waals surface area contributed by atoms with Gasteiger partial charge in [0, 0.05) is 8.88 Å². The first-order valence-corrected chi connectivity index (χ1v) is 15.5. The molecule has 1 saturated heterocycles. The molecule has 0 amide bonds. The van der Waals surface area contributed by atoms with Crippen molar-refractivity contribution in [1.29, 1.82) is 0 Å². The number of nitrogens with zero attached hydrogens (tertiary/aromatic N) is 2. The quantitative estimate of drug-likeness (QED) is 0.247. The molecule has 1 heterocycles. The van der Waals surface area contributed by atoms with Gasteiger partial charge in [-0.05, 0) is 77.9 Å². The fourth-order valence-electron chi connectivity index (χ4n) is 4.65. The molecule has 6 nitrogen and oxygen atoms in total. The van der Waals surface area contributed by atoms with E-state index in [1.165, 1.54) is 41.5 Å². The molecule has 0 aliphatic carbocycles. The Bertz CT molecular complexity index is 1220. The highest BCUT2D eigenvalue weighted by Gasteiger charge is 2.81. The first kappa shape index (κ1) is 36.4. The number of nitrogens with one attached hydrogen (secondary N) is 2. The molecule has 1 aliphatic rings. The molecule has 1 aliphatic heterocycles. The maximum Gasteiger partial charge on any atom is 0.416 e. The highest BCUT2D eigenvalue weighted by atomic mass is 31.3. The number of alkyl halides is 12. The third-order valence-electron chi connectivity index (χ3n) is 5.95. The predicted molar refractivity (Wildman–Crippen MR) is 137 cm³/mol. The van der Waals surface area contributed by atoms with Gasteiger partial charge in [0.2, 0.25) is 0 Å². The van der Waals surface area contributed by atoms with Gasteiger partial charge in [0.15, 0.2) is 0 Å². The zero-order valence-corrected chi connectivity index (χ0v) is 25.4. The SMILES string of the molecule is CC(C)(C)N1[P+]([O-])(Nc2cc(C(F)(F)F)cc(C(F)(F)F)c2)N(C(C)(C)C)[P+]1([O-])Nc1cc(C(F)(F)F)cc(C(F)(F)F)c1. The van der Waals surface area contributed by atoms with Crippen molar-refractivity contribution >= 4 is 27.3 Å². The van der Waals surface area contributed by atoms with Crippen molar-refractivity contribution in [2.45, 2.75) is 77.3 Å². The summed E-state index contributed by atoms with van der Waals surface area (Å²) in [5, 5.41) is 4.28. The third-order valence-corrected chi connectivity index (χ3v) is 14.4. The van der Waals surface area contributed by atoms with E-state index in [-0.39, 0.29) is 36.4 Å². The predicted octanol–water partition coefficient (Wildman–Crippen LogP) is 8.58. The molecule has 44 heavy (non-hydrogen) atoms. The van der Waals surface area contributed by atoms with Crippen molar-refractivity contribution in [3.05, 3.63) is 58.7 Å². The Labute approximate surface area is 245 Å². The van der Waals surface area contributed by atoms with Crippen molar-refractivity contribution in [3.63, 3.8) is 0 Å². The first-order valence-electron chi connectivity index (χ1n) is 12.3. The Morgan fingerprint density at radius 1 is 0.455 bits per heavy atom. The van der Waals surface area contributed by atoms with E-state index in [0.29, 0.717) is 8.88 Å². The number of hydrogen-bond acceptors (Lipinski definition) is 6. The maximum absolute atomic E-state index is 14.6. The Kier molecular flexibility index (Phi) is 8.87. The van der Waals surface area contributed by atoms with Crippen LogP contribution in [0.1, 0.15) is 63.8 Å². The van der Waals surface area contributed by atoms with E-state index in [1.54, 1.807) is 0 Å². The van der Waals surface area contributed by atoms with Crippen molar-refractivity contribution in [2.24, 2.45) is 0 Å². The molecule has 0 bridgehead atoms. The number of hydrogen-bond donors (Lipinski definition) is 2. The van der Waals surface area contributed by atoms with Crippen LogP contribution in [0, 0.1) is 0 Å². The van der Waals surface area contributed by atoms with Crippen molar-refractivity contribution in [3.8, 4) is 0 Å². The van der Waals surface area contributed by atoms with Gasteiger partial charge < -0.3 is 9.79 Å². The van der Waals surface area contributed by atoms with Crippen molar-refractivity contribution < 1.29 is 62.5 Å². The summed E-state index contributed by atoms with van der Waals surface area (Å²) in [6.45, 7) is 7.64. The van der Waals surface area contributed by atoms with Crippen LogP contribution in [-0.4, -0.2) is 20.0 Å². The van der Waals surface area contributed by atoms with Crippen molar-refractivity contribution in [2.75, 3.05) is 10.2 Å². The van der Waals surface area contributed by atoms with Crippen LogP contribution >= 0.6 is 15.9 Å². The molecule has 0 unspecified atom stereocenters. The summed E-state index contributed by atoms with van der Waals surface area (Å²) in [4.78, 5) is 29.2. The summed E-state index contributed by atoms with van der Waals surface area (Å²) in [5.74, 6) is 0. The molecule has 2 N–H and O–H groups in total. The molecule has 0 aromatic heterocycles. The molecule has 2 aromatic carbocycles. The lowest BCUT2D eigenvalue weighted by Crippen LogP contribution is -2.70. The van der Waals surface area contributed by atoms with Crippen LogP contribution in [0.3, 0.4) is 0 Å². The lowest BCUT2D eigenvalue weighted by molar-refractivity contribution is -0.235. The normalized spacial score (nSPS) is 23.0. The Morgan fingerprint density at radius 3 is 0.818 bits per heavy atom. The van der Waals surface area contributed by atoms with E-state index in [9.17, 15) is 62.5 Å². The van der Waals surface area contributed by atoms with Gasteiger partial charge in [-0.3, -0.25) is 0 Å². The highest BCUT2D eigenvalue weighted by Crippen LogP contribution is 2.92. The lowest BCUT2D eigenvalue weighted by atomic mass is 10.1. The van der Waals surface area contributed by atoms with Crippen LogP contribution in [0.25, 0.3) is 0 Å². The topological polar surface area (TPSA) is 76.7 Å². The average Bonchev–Trinajstić information content (AvgIpc) is 2.73. The molecule has 1 fully saturated rings. The van der Waals surface area contributed by atoms with Gasteiger partial charge in [0.05, 0.1) is 44.7 Å². The molecular weight excluding hydrogens is 666 g/mol. The molecule has 20 heteroatoms. The second-order valence-corrected chi connectivity index (χ2v) is 16.7. The minimum absolute atomic E-state index is 0.177. The van der Waals surface area contributed by atoms with Gasteiger partial charge in [-0.15, -0.1) is 0 Å². The standard InChI is InChI=1S/C24H26F12N4O2P2/c1-19(2,3)39-43(41,37-17-9-13(21(25,26)27)7-14(10-17)22(28,29)30)40(20(4,5)6)44(39,42)38-18-11-15(23(31,32)33)8-16(12-18)24(34,35)36/h7-12H,1-6H3,(H,37,41)(H,38,42). The Hall–Kier alpha value is -2.10. The summed E-state index contributed by atoms with van der Waals surface area (Å²) in [7, 11) is -9.52. The summed E-state index contributed by atoms with van der Waals surface area (Å²) in [6, 6.07) is 0.573. The fraction of sp³-hybridized carbons (Fsp3) is 0.500. The molecule has 0 atom stereocenters. The van der Waals surface area contributed by atoms with E-state index in [0.717, 1.165) is 0 Å². The summed E-state index contributed by atoms with van der Waals surface area (Å²) >= 11 is 0. The molecule has 248 valence electrons. The highest BCUT2D eigenvalue weighted by molar-refractivity contribution is 7.94. The zero-order chi connectivity index (χ0) is 34.3. The van der Waals surface area contributed by atoms with Crippen LogP contribution in [0.4, 0.5) is 64.1 Å². The van der Waals surface area contributed by atoms with E-state index in [2.05, 4.69) is 10.2 Å². The Morgan fingerprint density at radius 2 is 0.659 bits per heavy atom. The third kappa shape index (κ3) is 7.15. The van der Waals surface area contributed by atoms with Crippen LogP contribution in [0.15, 0.2) is 36.4 Å². The zero-order valence-electron chi connectivity index (χ0n) is 23.6. The molecule has 0 radical (unpaired) electrons. The second kappa shape index (κ2) is 10.7. The maximum atomic E-state index is 14.6. The number of halogens is 12. The van der Waals surface area contributed by atoms with Gasteiger partial charge in [0.25, 0.3) is 15.9 Å². The van der Waals surface area contributed by atoms with Gasteiger partial charge in [-0.25, -0.2) is 10.2 Å². The van der Waals surface area contributed by atoms with E-state index in [1.807, 2.05) is 0 Å². The molecule has 0 spiro atoms. The first-order chi connectivity index (χ1) is 19.3. The number of rotatable bonds is 4. The van der Waals surface area contributed by atoms with Crippen LogP contribution < -0.4 is 20.0 Å². The van der Waals surface area contributed by atoms with Gasteiger partial charge >= 0.3 is 24.7 Å². The summed E-state index contributed by atoms with van der Waals surface area (Å²) in [6.07, 6.45) is -21.1. The smallest absolute Gasteiger partial charge is 0.416 e. The summed E-state index contributed by atoms with van der Waals surface area (Å²) < 4.78 is 163. The fourth-order valence-corrected chi connectivity index (χ4v) is 13.1. The number of anilines is 2. The van der Waals surface area contributed by atoms with Gasteiger partial charge in [-0.1, -0.05) is 0 Å². The van der Waals surface area contributed by atoms with E-state index >= 15 is 0 Å². The summed E-state index contributed by atoms with van der Waals surface area (Å²) in [5.41, 5.74) is -12.1. The van der Waals surface area contributed by atoms with E-state index in [4.69, 9.17) is 0 Å². The minimum Gasteiger partial charge on any atom is -0.626 e. The largest absolute Gasteiger partial charge is 0.626 e. The second-order valence-electron chi connectivity index (χ2n) is 11.8. The molecule has 0 saturated carbocycles. The minimum atomic E-state index is -5.28. The van der Waals surface area contributed by atoms with E-state index < -0.39 is 85.3 Å². The molecular formula is C24H26F12N4O2P2. The Balaban J connectivity index is 2.24. The average molecular weight is 692 g/mol. The van der Waals surface area contributed by atoms with Crippen LogP contribution in [0.5, 0.6) is 0 Å². The monoisotopic (exact) mass is 692 g/mol. The number of benzene rings is 2. The lowest BCUT2D eigenvalue weighted by Gasteiger charge is -2.66. The van der Waals surface area contributed by atoms with Crippen molar-refractivity contribution in [1.82, 2.24) is 8.88 Å².